The third-order valence-electron chi connectivity index (χ3n) is 4.28. The number of aromatic carboxylic acids is 1. The number of rotatable bonds is 2. The Balaban J connectivity index is 1.66. The van der Waals surface area contributed by atoms with E-state index < -0.39 is 11.8 Å². The Hall–Kier alpha value is -2.55. The Labute approximate surface area is 133 Å². The van der Waals surface area contributed by atoms with Gasteiger partial charge in [-0.05, 0) is 37.5 Å². The molecule has 0 bridgehead atoms. The number of hydrogen-bond acceptors (Lipinski definition) is 2. The number of nitrogens with zero attached hydrogens (tertiary/aromatic N) is 2. The highest BCUT2D eigenvalue weighted by Gasteiger charge is 2.37. The smallest absolute Gasteiger partial charge is 0.335 e. The lowest BCUT2D eigenvalue weighted by Crippen LogP contribution is -2.38. The van der Waals surface area contributed by atoms with Crippen LogP contribution in [0.1, 0.15) is 35.2 Å². The van der Waals surface area contributed by atoms with E-state index in [0.717, 1.165) is 31.9 Å². The molecule has 2 heterocycles. The summed E-state index contributed by atoms with van der Waals surface area (Å²) in [7, 11) is 0. The predicted molar refractivity (Wildman–Crippen MR) is 81.6 cm³/mol. The summed E-state index contributed by atoms with van der Waals surface area (Å²) in [5.41, 5.74) is 0.0269. The van der Waals surface area contributed by atoms with Crippen LogP contribution >= 0.6 is 0 Å². The number of urea groups is 1. The second-order valence-corrected chi connectivity index (χ2v) is 5.81. The van der Waals surface area contributed by atoms with Gasteiger partial charge in [0.15, 0.2) is 0 Å². The summed E-state index contributed by atoms with van der Waals surface area (Å²) < 4.78 is 13.8. The van der Waals surface area contributed by atoms with E-state index in [1.165, 1.54) is 12.1 Å². The molecule has 1 atom stereocenters. The number of fused-ring (bicyclic) bond motifs is 1. The van der Waals surface area contributed by atoms with Crippen LogP contribution in [0.25, 0.3) is 0 Å². The first-order valence-electron chi connectivity index (χ1n) is 7.63. The van der Waals surface area contributed by atoms with Crippen LogP contribution in [0.3, 0.4) is 0 Å². The van der Waals surface area contributed by atoms with Crippen molar-refractivity contribution in [1.29, 1.82) is 0 Å². The normalized spacial score (nSPS) is 20.0. The average molecular weight is 316 g/mol. The Kier molecular flexibility index (Phi) is 4.20. The van der Waals surface area contributed by atoms with Gasteiger partial charge in [0, 0.05) is 13.1 Å². The van der Waals surface area contributed by atoms with Crippen molar-refractivity contribution in [2.45, 2.75) is 25.3 Å². The molecule has 120 valence electrons. The zero-order valence-electron chi connectivity index (χ0n) is 12.6. The van der Waals surface area contributed by atoms with Crippen LogP contribution in [-0.4, -0.2) is 52.6 Å². The predicted octanol–water partition coefficient (Wildman–Crippen LogP) is 2.17. The van der Waals surface area contributed by atoms with Gasteiger partial charge in [0.05, 0.1) is 23.7 Å². The van der Waals surface area contributed by atoms with E-state index in [1.54, 1.807) is 4.90 Å². The molecule has 0 saturated carbocycles. The fraction of sp³-hybridized carbons (Fsp3) is 0.412. The molecule has 0 radical (unpaired) electrons. The van der Waals surface area contributed by atoms with Gasteiger partial charge >= 0.3 is 12.0 Å². The van der Waals surface area contributed by atoms with Crippen LogP contribution in [0.2, 0.25) is 0 Å². The van der Waals surface area contributed by atoms with Crippen LogP contribution < -0.4 is 0 Å². The highest BCUT2D eigenvalue weighted by atomic mass is 19.1. The monoisotopic (exact) mass is 316 g/mol. The SMILES string of the molecule is O=C(O)c1ccc(C#CCN2C[C@@H]3CCCCN3C2=O)c(F)c1. The largest absolute Gasteiger partial charge is 0.478 e. The van der Waals surface area contributed by atoms with E-state index >= 15 is 0 Å². The number of amides is 2. The van der Waals surface area contributed by atoms with Crippen molar-refractivity contribution in [2.75, 3.05) is 19.6 Å². The van der Waals surface area contributed by atoms with Gasteiger partial charge in [0.1, 0.15) is 5.82 Å². The molecule has 3 rings (SSSR count). The number of carbonyl (C=O) groups excluding carboxylic acids is 1. The summed E-state index contributed by atoms with van der Waals surface area (Å²) in [5.74, 6) is 3.65. The summed E-state index contributed by atoms with van der Waals surface area (Å²) >= 11 is 0. The standard InChI is InChI=1S/C17H17FN2O3/c18-15-10-13(16(21)22)7-6-12(15)4-3-8-19-11-14-5-1-2-9-20(14)17(19)23/h6-7,10,14H,1-2,5,8-9,11H2,(H,21,22)/t14-/m0/s1. The van der Waals surface area contributed by atoms with Crippen molar-refractivity contribution < 1.29 is 19.1 Å². The van der Waals surface area contributed by atoms with Crippen molar-refractivity contribution in [3.63, 3.8) is 0 Å². The molecule has 0 aliphatic carbocycles. The molecule has 2 saturated heterocycles. The van der Waals surface area contributed by atoms with E-state index in [2.05, 4.69) is 11.8 Å². The van der Waals surface area contributed by atoms with Crippen LogP contribution in [0.4, 0.5) is 9.18 Å². The third kappa shape index (κ3) is 3.14. The summed E-state index contributed by atoms with van der Waals surface area (Å²) in [6.45, 7) is 1.73. The molecule has 0 unspecified atom stereocenters. The minimum Gasteiger partial charge on any atom is -0.478 e. The van der Waals surface area contributed by atoms with Gasteiger partial charge in [-0.15, -0.1) is 0 Å². The first-order valence-corrected chi connectivity index (χ1v) is 7.63. The fourth-order valence-corrected chi connectivity index (χ4v) is 3.07. The van der Waals surface area contributed by atoms with Crippen molar-refractivity contribution in [3.05, 3.63) is 35.1 Å². The number of piperidine rings is 1. The second kappa shape index (κ2) is 6.29. The quantitative estimate of drug-likeness (QED) is 0.851. The van der Waals surface area contributed by atoms with Crippen molar-refractivity contribution in [2.24, 2.45) is 0 Å². The molecule has 6 heteroatoms. The lowest BCUT2D eigenvalue weighted by Gasteiger charge is -2.27. The molecule has 0 spiro atoms. The maximum atomic E-state index is 13.8. The highest BCUT2D eigenvalue weighted by Crippen LogP contribution is 2.24. The zero-order valence-corrected chi connectivity index (χ0v) is 12.6. The minimum atomic E-state index is -1.18. The van der Waals surface area contributed by atoms with Gasteiger partial charge in [-0.25, -0.2) is 14.0 Å². The molecular weight excluding hydrogens is 299 g/mol. The Bertz CT molecular complexity index is 708. The lowest BCUT2D eigenvalue weighted by atomic mass is 10.0. The van der Waals surface area contributed by atoms with Gasteiger partial charge in [-0.2, -0.15) is 0 Å². The van der Waals surface area contributed by atoms with Crippen LogP contribution in [0.5, 0.6) is 0 Å². The molecule has 1 aromatic rings. The lowest BCUT2D eigenvalue weighted by molar-refractivity contribution is 0.0696. The molecule has 1 aromatic carbocycles. The third-order valence-corrected chi connectivity index (χ3v) is 4.28. The minimum absolute atomic E-state index is 0.00528. The molecule has 2 amide bonds. The number of carboxylic acids is 1. The fourth-order valence-electron chi connectivity index (χ4n) is 3.07. The van der Waals surface area contributed by atoms with E-state index in [9.17, 15) is 14.0 Å². The van der Waals surface area contributed by atoms with Crippen molar-refractivity contribution in [1.82, 2.24) is 9.80 Å². The number of halogens is 1. The van der Waals surface area contributed by atoms with Crippen molar-refractivity contribution >= 4 is 12.0 Å². The second-order valence-electron chi connectivity index (χ2n) is 5.81. The molecule has 23 heavy (non-hydrogen) atoms. The summed E-state index contributed by atoms with van der Waals surface area (Å²) in [6, 6.07) is 3.90. The van der Waals surface area contributed by atoms with Gasteiger partial charge in [-0.1, -0.05) is 11.8 Å². The van der Waals surface area contributed by atoms with E-state index in [0.29, 0.717) is 6.54 Å². The number of hydrogen-bond donors (Lipinski definition) is 1. The number of carboxylic acid groups (broad SMARTS) is 1. The van der Waals surface area contributed by atoms with Crippen LogP contribution in [0, 0.1) is 17.7 Å². The van der Waals surface area contributed by atoms with Gasteiger partial charge < -0.3 is 14.9 Å². The molecule has 2 aliphatic heterocycles. The van der Waals surface area contributed by atoms with E-state index in [4.69, 9.17) is 5.11 Å². The first-order chi connectivity index (χ1) is 11.1. The molecule has 0 aromatic heterocycles. The maximum Gasteiger partial charge on any atom is 0.335 e. The van der Waals surface area contributed by atoms with E-state index in [-0.39, 0.29) is 29.7 Å². The summed E-state index contributed by atoms with van der Waals surface area (Å²) in [5, 5.41) is 8.80. The summed E-state index contributed by atoms with van der Waals surface area (Å²) in [6.07, 6.45) is 3.22. The summed E-state index contributed by atoms with van der Waals surface area (Å²) in [4.78, 5) is 26.6. The molecule has 2 fully saturated rings. The van der Waals surface area contributed by atoms with Gasteiger partial charge in [0.25, 0.3) is 0 Å². The Morgan fingerprint density at radius 3 is 2.91 bits per heavy atom. The number of carbonyl (C=O) groups is 2. The molecule has 1 N–H and O–H groups in total. The average Bonchev–Trinajstić information content (AvgIpc) is 2.85. The van der Waals surface area contributed by atoms with E-state index in [1.807, 2.05) is 4.90 Å². The molecule has 2 aliphatic rings. The maximum absolute atomic E-state index is 13.8. The van der Waals surface area contributed by atoms with Crippen molar-refractivity contribution in [3.8, 4) is 11.8 Å². The van der Waals surface area contributed by atoms with Crippen LogP contribution in [0.15, 0.2) is 18.2 Å². The Morgan fingerprint density at radius 2 is 2.22 bits per heavy atom. The topological polar surface area (TPSA) is 60.9 Å². The Morgan fingerprint density at radius 1 is 1.39 bits per heavy atom. The molecule has 5 nitrogen and oxygen atoms in total. The molecular formula is C17H17FN2O3. The zero-order chi connectivity index (χ0) is 16.4. The van der Waals surface area contributed by atoms with Crippen LogP contribution in [-0.2, 0) is 0 Å². The number of benzene rings is 1. The highest BCUT2D eigenvalue weighted by molar-refractivity contribution is 5.87. The first kappa shape index (κ1) is 15.3. The van der Waals surface area contributed by atoms with Gasteiger partial charge in [-0.3, -0.25) is 0 Å². The van der Waals surface area contributed by atoms with Gasteiger partial charge in [0.2, 0.25) is 0 Å².